The second kappa shape index (κ2) is 6.10. The summed E-state index contributed by atoms with van der Waals surface area (Å²) in [6.07, 6.45) is 1.46. The Balaban J connectivity index is 2.38. The lowest BCUT2D eigenvalue weighted by Gasteiger charge is -2.32. The fourth-order valence-corrected chi connectivity index (χ4v) is 2.23. The molecule has 0 atom stereocenters. The molecule has 0 aromatic heterocycles. The van der Waals surface area contributed by atoms with Gasteiger partial charge in [0.15, 0.2) is 0 Å². The van der Waals surface area contributed by atoms with Crippen LogP contribution in [0.25, 0.3) is 6.08 Å². The molecule has 0 radical (unpaired) electrons. The van der Waals surface area contributed by atoms with E-state index < -0.39 is 30.0 Å². The highest BCUT2D eigenvalue weighted by Crippen LogP contribution is 2.38. The molecule has 120 valence electrons. The van der Waals surface area contributed by atoms with Crippen molar-refractivity contribution in [3.63, 3.8) is 0 Å². The predicted molar refractivity (Wildman–Crippen MR) is 84.3 cm³/mol. The van der Waals surface area contributed by atoms with Crippen molar-refractivity contribution in [1.29, 1.82) is 0 Å². The summed E-state index contributed by atoms with van der Waals surface area (Å²) >= 11 is 0. The highest BCUT2D eigenvalue weighted by molar-refractivity contribution is 6.55. The van der Waals surface area contributed by atoms with Gasteiger partial charge in [-0.05, 0) is 52.3 Å². The van der Waals surface area contributed by atoms with E-state index in [1.54, 1.807) is 7.05 Å². The summed E-state index contributed by atoms with van der Waals surface area (Å²) in [4.78, 5) is 0. The fraction of sp³-hybridized carbons (Fsp3) is 0.500. The van der Waals surface area contributed by atoms with Gasteiger partial charge < -0.3 is 14.6 Å². The molecule has 3 nitrogen and oxygen atoms in total. The minimum absolute atomic E-state index is 0.0811. The average Bonchev–Trinajstić information content (AvgIpc) is 2.61. The molecule has 1 heterocycles. The Hall–Kier alpha value is -1.24. The SMILES string of the molecule is CNCC(=Cc1c(F)cccc1F)B1OC(C)(C)C(C)(C)O1. The van der Waals surface area contributed by atoms with Crippen LogP contribution in [0.5, 0.6) is 0 Å². The van der Waals surface area contributed by atoms with Gasteiger partial charge in [0.25, 0.3) is 0 Å². The lowest BCUT2D eigenvalue weighted by molar-refractivity contribution is 0.00578. The van der Waals surface area contributed by atoms with E-state index in [9.17, 15) is 8.78 Å². The number of hydrogen-bond donors (Lipinski definition) is 1. The van der Waals surface area contributed by atoms with Gasteiger partial charge in [-0.1, -0.05) is 12.1 Å². The van der Waals surface area contributed by atoms with Gasteiger partial charge in [-0.3, -0.25) is 0 Å². The van der Waals surface area contributed by atoms with Crippen LogP contribution < -0.4 is 5.32 Å². The zero-order valence-electron chi connectivity index (χ0n) is 13.7. The van der Waals surface area contributed by atoms with Crippen molar-refractivity contribution in [3.05, 3.63) is 40.9 Å². The summed E-state index contributed by atoms with van der Waals surface area (Å²) in [6.45, 7) is 8.16. The van der Waals surface area contributed by atoms with Crippen LogP contribution >= 0.6 is 0 Å². The lowest BCUT2D eigenvalue weighted by Crippen LogP contribution is -2.41. The molecule has 1 aliphatic heterocycles. The monoisotopic (exact) mass is 309 g/mol. The minimum atomic E-state index is -0.642. The largest absolute Gasteiger partial charge is 0.491 e. The van der Waals surface area contributed by atoms with Crippen molar-refractivity contribution in [1.82, 2.24) is 5.32 Å². The van der Waals surface area contributed by atoms with E-state index in [4.69, 9.17) is 9.31 Å². The number of rotatable bonds is 4. The first-order chi connectivity index (χ1) is 10.2. The second-order valence-corrected chi connectivity index (χ2v) is 6.47. The van der Waals surface area contributed by atoms with Gasteiger partial charge in [0, 0.05) is 12.1 Å². The van der Waals surface area contributed by atoms with Crippen LogP contribution in [0.2, 0.25) is 0 Å². The molecular formula is C16H22BF2NO2. The number of nitrogens with one attached hydrogen (secondary N) is 1. The second-order valence-electron chi connectivity index (χ2n) is 6.47. The summed E-state index contributed by atoms with van der Waals surface area (Å²) in [6, 6.07) is 3.81. The number of halogens is 2. The molecule has 0 saturated carbocycles. The lowest BCUT2D eigenvalue weighted by atomic mass is 9.77. The van der Waals surface area contributed by atoms with Crippen molar-refractivity contribution in [2.24, 2.45) is 0 Å². The molecule has 0 unspecified atom stereocenters. The molecule has 1 aliphatic rings. The van der Waals surface area contributed by atoms with Gasteiger partial charge in [0.2, 0.25) is 0 Å². The Morgan fingerprint density at radius 3 is 2.09 bits per heavy atom. The fourth-order valence-electron chi connectivity index (χ4n) is 2.23. The maximum atomic E-state index is 13.9. The first kappa shape index (κ1) is 17.1. The molecule has 1 fully saturated rings. The summed E-state index contributed by atoms with van der Waals surface area (Å²) in [5.74, 6) is -1.21. The Labute approximate surface area is 130 Å². The van der Waals surface area contributed by atoms with Crippen molar-refractivity contribution >= 4 is 13.2 Å². The van der Waals surface area contributed by atoms with Crippen LogP contribution in [-0.4, -0.2) is 31.9 Å². The molecule has 0 amide bonds. The maximum absolute atomic E-state index is 13.9. The number of likely N-dealkylation sites (N-methyl/N-ethyl adjacent to an activating group) is 1. The minimum Gasteiger partial charge on any atom is -0.400 e. The van der Waals surface area contributed by atoms with Crippen molar-refractivity contribution in [2.45, 2.75) is 38.9 Å². The molecular weight excluding hydrogens is 287 g/mol. The highest BCUT2D eigenvalue weighted by atomic mass is 19.1. The zero-order valence-corrected chi connectivity index (χ0v) is 13.7. The Morgan fingerprint density at radius 1 is 1.14 bits per heavy atom. The van der Waals surface area contributed by atoms with Crippen LogP contribution in [0.1, 0.15) is 33.3 Å². The molecule has 0 aliphatic carbocycles. The summed E-state index contributed by atoms with van der Waals surface area (Å²) < 4.78 is 39.6. The topological polar surface area (TPSA) is 30.5 Å². The van der Waals surface area contributed by atoms with Crippen molar-refractivity contribution in [3.8, 4) is 0 Å². The van der Waals surface area contributed by atoms with Crippen LogP contribution in [0.4, 0.5) is 8.78 Å². The standard InChI is InChI=1S/C16H22BF2NO2/c1-15(2)16(3,4)22-17(21-15)11(10-20-5)9-12-13(18)7-6-8-14(12)19/h6-9,20H,10H2,1-5H3. The Bertz CT molecular complexity index is 551. The van der Waals surface area contributed by atoms with Crippen molar-refractivity contribution in [2.75, 3.05) is 13.6 Å². The molecule has 2 rings (SSSR count). The average molecular weight is 309 g/mol. The highest BCUT2D eigenvalue weighted by Gasteiger charge is 2.52. The van der Waals surface area contributed by atoms with E-state index in [2.05, 4.69) is 5.32 Å². The Morgan fingerprint density at radius 2 is 1.64 bits per heavy atom. The zero-order chi connectivity index (χ0) is 16.5. The number of hydrogen-bond acceptors (Lipinski definition) is 3. The summed E-state index contributed by atoms with van der Waals surface area (Å²) in [5.41, 5.74) is -0.441. The van der Waals surface area contributed by atoms with E-state index in [1.807, 2.05) is 27.7 Å². The van der Waals surface area contributed by atoms with Gasteiger partial charge in [-0.2, -0.15) is 0 Å². The third-order valence-corrected chi connectivity index (χ3v) is 4.27. The molecule has 0 spiro atoms. The van der Waals surface area contributed by atoms with Gasteiger partial charge in [-0.15, -0.1) is 0 Å². The van der Waals surface area contributed by atoms with Gasteiger partial charge in [0.05, 0.1) is 11.2 Å². The first-order valence-corrected chi connectivity index (χ1v) is 7.32. The van der Waals surface area contributed by atoms with Crippen LogP contribution in [-0.2, 0) is 9.31 Å². The van der Waals surface area contributed by atoms with Crippen LogP contribution in [0.3, 0.4) is 0 Å². The van der Waals surface area contributed by atoms with E-state index in [-0.39, 0.29) is 5.56 Å². The third-order valence-electron chi connectivity index (χ3n) is 4.27. The van der Waals surface area contributed by atoms with E-state index >= 15 is 0 Å². The molecule has 1 saturated heterocycles. The predicted octanol–water partition coefficient (Wildman–Crippen LogP) is 3.20. The molecule has 1 aromatic rings. The smallest absolute Gasteiger partial charge is 0.400 e. The molecule has 1 aromatic carbocycles. The normalized spacial score (nSPS) is 20.5. The molecule has 22 heavy (non-hydrogen) atoms. The third kappa shape index (κ3) is 3.24. The van der Waals surface area contributed by atoms with Crippen molar-refractivity contribution < 1.29 is 18.1 Å². The van der Waals surface area contributed by atoms with Crippen LogP contribution in [0, 0.1) is 11.6 Å². The van der Waals surface area contributed by atoms with E-state index in [0.717, 1.165) is 0 Å². The van der Waals surface area contributed by atoms with E-state index in [1.165, 1.54) is 24.3 Å². The summed E-state index contributed by atoms with van der Waals surface area (Å²) in [5, 5.41) is 2.99. The number of benzene rings is 1. The Kier molecular flexibility index (Phi) is 4.75. The molecule has 6 heteroatoms. The quantitative estimate of drug-likeness (QED) is 0.867. The van der Waals surface area contributed by atoms with Gasteiger partial charge >= 0.3 is 7.12 Å². The molecule has 1 N–H and O–H groups in total. The van der Waals surface area contributed by atoms with E-state index in [0.29, 0.717) is 12.0 Å². The van der Waals surface area contributed by atoms with Gasteiger partial charge in [-0.25, -0.2) is 8.78 Å². The molecule has 0 bridgehead atoms. The summed E-state index contributed by atoms with van der Waals surface area (Å²) in [7, 11) is 1.12. The first-order valence-electron chi connectivity index (χ1n) is 7.32. The van der Waals surface area contributed by atoms with Gasteiger partial charge in [0.1, 0.15) is 11.6 Å². The maximum Gasteiger partial charge on any atom is 0.491 e. The van der Waals surface area contributed by atoms with Crippen LogP contribution in [0.15, 0.2) is 23.7 Å².